The van der Waals surface area contributed by atoms with Gasteiger partial charge in [0.15, 0.2) is 0 Å². The molecule has 0 aliphatic carbocycles. The lowest BCUT2D eigenvalue weighted by Gasteiger charge is -2.36. The molecule has 0 saturated carbocycles. The predicted octanol–water partition coefficient (Wildman–Crippen LogP) is 3.21. The summed E-state index contributed by atoms with van der Waals surface area (Å²) in [6, 6.07) is 8.46. The van der Waals surface area contributed by atoms with Crippen LogP contribution in [0.15, 0.2) is 28.7 Å². The summed E-state index contributed by atoms with van der Waals surface area (Å²) in [6.45, 7) is 4.71. The van der Waals surface area contributed by atoms with Crippen molar-refractivity contribution in [3.05, 3.63) is 34.3 Å². The minimum atomic E-state index is 0.163. The molecule has 3 heteroatoms. The van der Waals surface area contributed by atoms with Gasteiger partial charge in [-0.3, -0.25) is 4.90 Å². The van der Waals surface area contributed by atoms with E-state index in [0.29, 0.717) is 0 Å². The first-order valence-electron chi connectivity index (χ1n) is 6.31. The van der Waals surface area contributed by atoms with E-state index in [4.69, 9.17) is 0 Å². The molecule has 1 saturated heterocycles. The van der Waals surface area contributed by atoms with Crippen LogP contribution in [0.2, 0.25) is 0 Å². The Balaban J connectivity index is 2.08. The van der Waals surface area contributed by atoms with Crippen molar-refractivity contribution in [2.24, 2.45) is 5.92 Å². The van der Waals surface area contributed by atoms with Crippen LogP contribution >= 0.6 is 15.9 Å². The number of aliphatic hydroxyl groups excluding tert-OH is 1. The summed E-state index contributed by atoms with van der Waals surface area (Å²) in [7, 11) is 0. The van der Waals surface area contributed by atoms with E-state index in [0.717, 1.165) is 23.5 Å². The molecule has 94 valence electrons. The van der Waals surface area contributed by atoms with E-state index >= 15 is 0 Å². The topological polar surface area (TPSA) is 23.5 Å². The van der Waals surface area contributed by atoms with E-state index < -0.39 is 0 Å². The molecule has 1 fully saturated rings. The van der Waals surface area contributed by atoms with Crippen molar-refractivity contribution in [1.82, 2.24) is 4.90 Å². The minimum Gasteiger partial charge on any atom is -0.394 e. The molecule has 17 heavy (non-hydrogen) atoms. The van der Waals surface area contributed by atoms with Crippen molar-refractivity contribution in [2.45, 2.75) is 25.8 Å². The standard InChI is InChI=1S/C14H20BrNO/c1-11-6-8-16(9-7-11)14(10-17)12-2-4-13(15)5-3-12/h2-5,11,14,17H,6-10H2,1H3. The molecule has 1 aliphatic heterocycles. The third-order valence-electron chi connectivity index (χ3n) is 3.69. The number of benzene rings is 1. The van der Waals surface area contributed by atoms with E-state index in [2.05, 4.69) is 39.9 Å². The number of halogens is 1. The molecule has 1 heterocycles. The first-order valence-corrected chi connectivity index (χ1v) is 7.10. The summed E-state index contributed by atoms with van der Waals surface area (Å²) in [4.78, 5) is 2.41. The minimum absolute atomic E-state index is 0.163. The van der Waals surface area contributed by atoms with Gasteiger partial charge in [0, 0.05) is 4.47 Å². The Hall–Kier alpha value is -0.380. The zero-order valence-electron chi connectivity index (χ0n) is 10.3. The fourth-order valence-corrected chi connectivity index (χ4v) is 2.72. The van der Waals surface area contributed by atoms with Crippen molar-refractivity contribution in [3.63, 3.8) is 0 Å². The summed E-state index contributed by atoms with van der Waals surface area (Å²) in [5.41, 5.74) is 1.21. The third-order valence-corrected chi connectivity index (χ3v) is 4.22. The van der Waals surface area contributed by atoms with Gasteiger partial charge in [-0.05, 0) is 49.5 Å². The molecule has 1 aromatic carbocycles. The van der Waals surface area contributed by atoms with E-state index in [-0.39, 0.29) is 12.6 Å². The molecule has 1 aliphatic rings. The van der Waals surface area contributed by atoms with E-state index in [9.17, 15) is 5.11 Å². The van der Waals surface area contributed by atoms with Crippen LogP contribution in [0, 0.1) is 5.92 Å². The second-order valence-electron chi connectivity index (χ2n) is 4.97. The lowest BCUT2D eigenvalue weighted by Crippen LogP contribution is -2.37. The molecular formula is C14H20BrNO. The molecule has 1 unspecified atom stereocenters. The van der Waals surface area contributed by atoms with Crippen molar-refractivity contribution in [3.8, 4) is 0 Å². The fourth-order valence-electron chi connectivity index (χ4n) is 2.46. The number of nitrogens with zero attached hydrogens (tertiary/aromatic N) is 1. The van der Waals surface area contributed by atoms with Crippen LogP contribution in [0.4, 0.5) is 0 Å². The van der Waals surface area contributed by atoms with Crippen molar-refractivity contribution in [1.29, 1.82) is 0 Å². The highest BCUT2D eigenvalue weighted by Gasteiger charge is 2.23. The number of hydrogen-bond donors (Lipinski definition) is 1. The molecule has 1 N–H and O–H groups in total. The molecule has 0 amide bonds. The average molecular weight is 298 g/mol. The summed E-state index contributed by atoms with van der Waals surface area (Å²) >= 11 is 3.44. The molecule has 0 bridgehead atoms. The van der Waals surface area contributed by atoms with Gasteiger partial charge in [-0.15, -0.1) is 0 Å². The van der Waals surface area contributed by atoms with Gasteiger partial charge >= 0.3 is 0 Å². The van der Waals surface area contributed by atoms with Gasteiger partial charge in [-0.1, -0.05) is 35.0 Å². The molecule has 0 radical (unpaired) electrons. The maximum Gasteiger partial charge on any atom is 0.0628 e. The molecule has 2 rings (SSSR count). The van der Waals surface area contributed by atoms with Gasteiger partial charge in [0.05, 0.1) is 12.6 Å². The van der Waals surface area contributed by atoms with Gasteiger partial charge in [0.25, 0.3) is 0 Å². The lowest BCUT2D eigenvalue weighted by molar-refractivity contribution is 0.0897. The van der Waals surface area contributed by atoms with Crippen molar-refractivity contribution in [2.75, 3.05) is 19.7 Å². The summed E-state index contributed by atoms with van der Waals surface area (Å²) in [6.07, 6.45) is 2.49. The van der Waals surface area contributed by atoms with Crippen molar-refractivity contribution < 1.29 is 5.11 Å². The zero-order valence-corrected chi connectivity index (χ0v) is 11.9. The van der Waals surface area contributed by atoms with Crippen LogP contribution in [-0.4, -0.2) is 29.7 Å². The molecule has 1 aromatic rings. The van der Waals surface area contributed by atoms with Crippen LogP contribution in [0.25, 0.3) is 0 Å². The predicted molar refractivity (Wildman–Crippen MR) is 73.9 cm³/mol. The van der Waals surface area contributed by atoms with E-state index in [1.165, 1.54) is 18.4 Å². The molecule has 1 atom stereocenters. The van der Waals surface area contributed by atoms with Gasteiger partial charge in [0.2, 0.25) is 0 Å². The van der Waals surface area contributed by atoms with Crippen LogP contribution in [-0.2, 0) is 0 Å². The quantitative estimate of drug-likeness (QED) is 0.926. The van der Waals surface area contributed by atoms with E-state index in [1.54, 1.807) is 0 Å². The average Bonchev–Trinajstić information content (AvgIpc) is 2.35. The monoisotopic (exact) mass is 297 g/mol. The smallest absolute Gasteiger partial charge is 0.0628 e. The first-order chi connectivity index (χ1) is 8.20. The first kappa shape index (κ1) is 13.1. The molecule has 2 nitrogen and oxygen atoms in total. The third kappa shape index (κ3) is 3.30. The number of rotatable bonds is 3. The Kier molecular flexibility index (Phi) is 4.60. The number of likely N-dealkylation sites (tertiary alicyclic amines) is 1. The van der Waals surface area contributed by atoms with Gasteiger partial charge in [0.1, 0.15) is 0 Å². The number of hydrogen-bond acceptors (Lipinski definition) is 2. The van der Waals surface area contributed by atoms with Crippen LogP contribution in [0.5, 0.6) is 0 Å². The molecule has 0 spiro atoms. The second kappa shape index (κ2) is 5.98. The highest BCUT2D eigenvalue weighted by molar-refractivity contribution is 9.10. The number of aliphatic hydroxyl groups is 1. The summed E-state index contributed by atoms with van der Waals surface area (Å²) in [5.74, 6) is 0.829. The Morgan fingerprint density at radius 2 is 1.88 bits per heavy atom. The SMILES string of the molecule is CC1CCN(C(CO)c2ccc(Br)cc2)CC1. The fraction of sp³-hybridized carbons (Fsp3) is 0.571. The Morgan fingerprint density at radius 1 is 1.29 bits per heavy atom. The molecule has 0 aromatic heterocycles. The van der Waals surface area contributed by atoms with Gasteiger partial charge < -0.3 is 5.11 Å². The maximum absolute atomic E-state index is 9.61. The van der Waals surface area contributed by atoms with Crippen LogP contribution in [0.1, 0.15) is 31.4 Å². The Bertz CT molecular complexity index is 344. The second-order valence-corrected chi connectivity index (χ2v) is 5.88. The lowest BCUT2D eigenvalue weighted by atomic mass is 9.96. The largest absolute Gasteiger partial charge is 0.394 e. The van der Waals surface area contributed by atoms with Gasteiger partial charge in [-0.2, -0.15) is 0 Å². The Morgan fingerprint density at radius 3 is 2.41 bits per heavy atom. The Labute approximate surface area is 112 Å². The van der Waals surface area contributed by atoms with Crippen LogP contribution < -0.4 is 0 Å². The van der Waals surface area contributed by atoms with E-state index in [1.807, 2.05) is 12.1 Å². The highest BCUT2D eigenvalue weighted by atomic mass is 79.9. The van der Waals surface area contributed by atoms with Crippen molar-refractivity contribution >= 4 is 15.9 Å². The molecular weight excluding hydrogens is 278 g/mol. The highest BCUT2D eigenvalue weighted by Crippen LogP contribution is 2.27. The maximum atomic E-state index is 9.61. The zero-order chi connectivity index (χ0) is 12.3. The van der Waals surface area contributed by atoms with Crippen LogP contribution in [0.3, 0.4) is 0 Å². The summed E-state index contributed by atoms with van der Waals surface area (Å²) in [5, 5.41) is 9.61. The normalized spacial score (nSPS) is 20.4. The van der Waals surface area contributed by atoms with Gasteiger partial charge in [-0.25, -0.2) is 0 Å². The number of piperidine rings is 1. The summed E-state index contributed by atoms with van der Waals surface area (Å²) < 4.78 is 1.09.